The maximum absolute atomic E-state index is 6.30. The summed E-state index contributed by atoms with van der Waals surface area (Å²) in [6.45, 7) is 5.14. The van der Waals surface area contributed by atoms with Crippen molar-refractivity contribution in [2.45, 2.75) is 57.7 Å². The fourth-order valence-electron chi connectivity index (χ4n) is 3.89. The summed E-state index contributed by atoms with van der Waals surface area (Å²) in [6.07, 6.45) is 5.58. The Balaban J connectivity index is 1.66. The molecule has 2 aliphatic carbocycles. The zero-order valence-corrected chi connectivity index (χ0v) is 13.1. The van der Waals surface area contributed by atoms with E-state index in [4.69, 9.17) is 16.3 Å². The van der Waals surface area contributed by atoms with Crippen molar-refractivity contribution < 1.29 is 4.74 Å². The molecule has 0 amide bonds. The average Bonchev–Trinajstić information content (AvgIpc) is 2.35. The van der Waals surface area contributed by atoms with Gasteiger partial charge in [0.2, 0.25) is 0 Å². The van der Waals surface area contributed by atoms with Crippen molar-refractivity contribution in [1.29, 1.82) is 0 Å². The van der Waals surface area contributed by atoms with Crippen molar-refractivity contribution >= 4 is 11.6 Å². The second-order valence-corrected chi connectivity index (χ2v) is 6.64. The lowest BCUT2D eigenvalue weighted by Gasteiger charge is -2.61. The third kappa shape index (κ3) is 2.28. The predicted octanol–water partition coefficient (Wildman–Crippen LogP) is 4.34. The molecule has 1 spiro atoms. The van der Waals surface area contributed by atoms with Crippen LogP contribution in [0.1, 0.15) is 51.1 Å². The molecule has 3 rings (SSSR count). The van der Waals surface area contributed by atoms with Gasteiger partial charge in [-0.1, -0.05) is 36.2 Å². The Morgan fingerprint density at radius 1 is 1.40 bits per heavy atom. The largest absolute Gasteiger partial charge is 0.378 e. The van der Waals surface area contributed by atoms with E-state index in [9.17, 15) is 0 Å². The molecular formula is C17H24ClNO. The first-order chi connectivity index (χ1) is 9.67. The fraction of sp³-hybridized carbons (Fsp3) is 0.647. The van der Waals surface area contributed by atoms with Crippen LogP contribution < -0.4 is 5.32 Å². The van der Waals surface area contributed by atoms with Crippen LogP contribution in [0.3, 0.4) is 0 Å². The molecule has 2 nitrogen and oxygen atoms in total. The highest BCUT2D eigenvalue weighted by Crippen LogP contribution is 2.57. The zero-order valence-electron chi connectivity index (χ0n) is 12.4. The van der Waals surface area contributed by atoms with Crippen molar-refractivity contribution in [3.63, 3.8) is 0 Å². The van der Waals surface area contributed by atoms with Gasteiger partial charge in [-0.2, -0.15) is 0 Å². The van der Waals surface area contributed by atoms with E-state index < -0.39 is 0 Å². The van der Waals surface area contributed by atoms with Gasteiger partial charge in [0.05, 0.1) is 6.10 Å². The summed E-state index contributed by atoms with van der Waals surface area (Å²) in [5.41, 5.74) is 1.61. The number of hydrogen-bond acceptors (Lipinski definition) is 2. The number of rotatable bonds is 5. The Kier molecular flexibility index (Phi) is 4.07. The Morgan fingerprint density at radius 3 is 2.75 bits per heavy atom. The Hall–Kier alpha value is -0.570. The number of benzene rings is 1. The van der Waals surface area contributed by atoms with Crippen LogP contribution in [0.25, 0.3) is 0 Å². The van der Waals surface area contributed by atoms with Crippen LogP contribution in [-0.4, -0.2) is 18.8 Å². The van der Waals surface area contributed by atoms with Crippen LogP contribution in [0.4, 0.5) is 0 Å². The molecule has 20 heavy (non-hydrogen) atoms. The smallest absolute Gasteiger partial charge is 0.0661 e. The minimum atomic E-state index is 0.300. The molecule has 2 aliphatic rings. The Morgan fingerprint density at radius 2 is 2.15 bits per heavy atom. The molecule has 0 heterocycles. The summed E-state index contributed by atoms with van der Waals surface area (Å²) in [5, 5.41) is 4.65. The van der Waals surface area contributed by atoms with Crippen molar-refractivity contribution in [3.05, 3.63) is 34.9 Å². The highest BCUT2D eigenvalue weighted by atomic mass is 35.5. The Bertz CT molecular complexity index is 472. The molecule has 0 saturated heterocycles. The van der Waals surface area contributed by atoms with Gasteiger partial charge in [0.15, 0.2) is 0 Å². The van der Waals surface area contributed by atoms with E-state index >= 15 is 0 Å². The third-order valence-corrected chi connectivity index (χ3v) is 5.60. The second-order valence-electron chi connectivity index (χ2n) is 6.23. The number of hydrogen-bond donors (Lipinski definition) is 1. The lowest BCUT2D eigenvalue weighted by atomic mass is 9.51. The van der Waals surface area contributed by atoms with E-state index in [0.717, 1.165) is 18.1 Å². The normalized spacial score (nSPS) is 28.8. The summed E-state index contributed by atoms with van der Waals surface area (Å²) in [6, 6.07) is 9.01. The SMILES string of the molecule is CCOC1CC(N[C@H](C)c2ccccc2Cl)C12CCC2. The number of nitrogens with one attached hydrogen (secondary N) is 1. The molecule has 1 aromatic rings. The molecule has 0 radical (unpaired) electrons. The van der Waals surface area contributed by atoms with Crippen LogP contribution >= 0.6 is 11.6 Å². The van der Waals surface area contributed by atoms with Crippen LogP contribution in [0.5, 0.6) is 0 Å². The van der Waals surface area contributed by atoms with E-state index in [1.807, 2.05) is 12.1 Å². The molecular weight excluding hydrogens is 270 g/mol. The fourth-order valence-corrected chi connectivity index (χ4v) is 4.19. The van der Waals surface area contributed by atoms with Crippen LogP contribution in [0.15, 0.2) is 24.3 Å². The van der Waals surface area contributed by atoms with Gasteiger partial charge in [-0.05, 0) is 44.7 Å². The number of halogens is 1. The first kappa shape index (κ1) is 14.4. The first-order valence-electron chi connectivity index (χ1n) is 7.79. The summed E-state index contributed by atoms with van der Waals surface area (Å²) >= 11 is 6.30. The van der Waals surface area contributed by atoms with E-state index in [-0.39, 0.29) is 0 Å². The van der Waals surface area contributed by atoms with Gasteiger partial charge in [0.25, 0.3) is 0 Å². The quantitative estimate of drug-likeness (QED) is 0.872. The standard InChI is InChI=1S/C17H24ClNO/c1-3-20-16-11-15(17(16)9-6-10-17)19-12(2)13-7-4-5-8-14(13)18/h4-5,7-8,12,15-16,19H,3,6,9-11H2,1-2H3/t12-,15?,16?/m1/s1. The Labute approximate surface area is 126 Å². The molecule has 2 saturated carbocycles. The third-order valence-electron chi connectivity index (χ3n) is 5.26. The van der Waals surface area contributed by atoms with Gasteiger partial charge in [0.1, 0.15) is 0 Å². The molecule has 1 N–H and O–H groups in total. The molecule has 0 aromatic heterocycles. The van der Waals surface area contributed by atoms with Gasteiger partial charge in [-0.25, -0.2) is 0 Å². The van der Waals surface area contributed by atoms with Crippen molar-refractivity contribution in [1.82, 2.24) is 5.32 Å². The van der Waals surface area contributed by atoms with Crippen molar-refractivity contribution in [2.75, 3.05) is 6.61 Å². The summed E-state index contributed by atoms with van der Waals surface area (Å²) in [5.74, 6) is 0. The topological polar surface area (TPSA) is 21.3 Å². The van der Waals surface area contributed by atoms with Crippen LogP contribution in [-0.2, 0) is 4.74 Å². The lowest BCUT2D eigenvalue weighted by molar-refractivity contribution is -0.174. The van der Waals surface area contributed by atoms with Gasteiger partial charge in [0, 0.05) is 29.1 Å². The molecule has 110 valence electrons. The number of ether oxygens (including phenoxy) is 1. The van der Waals surface area contributed by atoms with E-state index in [2.05, 4.69) is 31.3 Å². The van der Waals surface area contributed by atoms with Crippen molar-refractivity contribution in [3.8, 4) is 0 Å². The maximum atomic E-state index is 6.30. The minimum Gasteiger partial charge on any atom is -0.378 e. The molecule has 1 aromatic carbocycles. The monoisotopic (exact) mass is 293 g/mol. The highest BCUT2D eigenvalue weighted by molar-refractivity contribution is 6.31. The lowest BCUT2D eigenvalue weighted by Crippen LogP contribution is -2.67. The van der Waals surface area contributed by atoms with Crippen LogP contribution in [0, 0.1) is 5.41 Å². The maximum Gasteiger partial charge on any atom is 0.0661 e. The summed E-state index contributed by atoms with van der Waals surface area (Å²) < 4.78 is 5.91. The van der Waals surface area contributed by atoms with Gasteiger partial charge < -0.3 is 10.1 Å². The summed E-state index contributed by atoms with van der Waals surface area (Å²) in [4.78, 5) is 0. The van der Waals surface area contributed by atoms with E-state index in [1.54, 1.807) is 0 Å². The molecule has 2 unspecified atom stereocenters. The van der Waals surface area contributed by atoms with Gasteiger partial charge >= 0.3 is 0 Å². The van der Waals surface area contributed by atoms with Gasteiger partial charge in [-0.3, -0.25) is 0 Å². The predicted molar refractivity (Wildman–Crippen MR) is 83.1 cm³/mol. The second kappa shape index (κ2) is 5.67. The highest BCUT2D eigenvalue weighted by Gasteiger charge is 2.58. The van der Waals surface area contributed by atoms with Crippen molar-refractivity contribution in [2.24, 2.45) is 5.41 Å². The van der Waals surface area contributed by atoms with Gasteiger partial charge in [-0.15, -0.1) is 0 Å². The molecule has 2 fully saturated rings. The average molecular weight is 294 g/mol. The summed E-state index contributed by atoms with van der Waals surface area (Å²) in [7, 11) is 0. The van der Waals surface area contributed by atoms with E-state index in [1.165, 1.54) is 24.8 Å². The molecule has 0 aliphatic heterocycles. The molecule has 3 heteroatoms. The zero-order chi connectivity index (χ0) is 14.2. The molecule has 0 bridgehead atoms. The molecule has 3 atom stereocenters. The van der Waals surface area contributed by atoms with E-state index in [0.29, 0.717) is 23.6 Å². The van der Waals surface area contributed by atoms with Crippen LogP contribution in [0.2, 0.25) is 5.02 Å². The first-order valence-corrected chi connectivity index (χ1v) is 8.17. The minimum absolute atomic E-state index is 0.300.